The fourth-order valence-electron chi connectivity index (χ4n) is 1.66. The monoisotopic (exact) mass is 262 g/mol. The van der Waals surface area contributed by atoms with Crippen LogP contribution in [0.25, 0.3) is 6.08 Å². The van der Waals surface area contributed by atoms with E-state index in [9.17, 15) is 9.90 Å². The molecule has 0 bridgehead atoms. The van der Waals surface area contributed by atoms with Gasteiger partial charge >= 0.3 is 0 Å². The molecule has 0 aliphatic heterocycles. The third-order valence-electron chi connectivity index (χ3n) is 2.74. The highest BCUT2D eigenvalue weighted by Crippen LogP contribution is 2.13. The number of aliphatic hydroxyl groups excluding tert-OH is 1. The van der Waals surface area contributed by atoms with Gasteiger partial charge in [0.1, 0.15) is 0 Å². The topological polar surface area (TPSA) is 43.8 Å². The van der Waals surface area contributed by atoms with Crippen LogP contribution in [0.2, 0.25) is 0 Å². The zero-order valence-corrected chi connectivity index (χ0v) is 12.0. The molecule has 1 N–H and O–H groups in total. The van der Waals surface area contributed by atoms with Crippen LogP contribution in [-0.2, 0) is 4.79 Å². The minimum Gasteiger partial charge on any atom is -0.392 e. The summed E-state index contributed by atoms with van der Waals surface area (Å²) in [6.45, 7) is 2.00. The number of carbonyl (C=O) groups is 1. The lowest BCUT2D eigenvalue weighted by atomic mass is 10.2. The maximum absolute atomic E-state index is 11.7. The van der Waals surface area contributed by atoms with Crippen LogP contribution >= 0.6 is 0 Å². The zero-order chi connectivity index (χ0) is 14.4. The second-order valence-corrected chi connectivity index (χ2v) is 4.89. The molecule has 0 aliphatic rings. The molecule has 1 rings (SSSR count). The molecular weight excluding hydrogens is 240 g/mol. The number of anilines is 1. The maximum Gasteiger partial charge on any atom is 0.246 e. The largest absolute Gasteiger partial charge is 0.392 e. The summed E-state index contributed by atoms with van der Waals surface area (Å²) in [6.07, 6.45) is 2.79. The lowest BCUT2D eigenvalue weighted by Crippen LogP contribution is -2.31. The van der Waals surface area contributed by atoms with Crippen molar-refractivity contribution in [3.63, 3.8) is 0 Å². The van der Waals surface area contributed by atoms with E-state index in [2.05, 4.69) is 0 Å². The van der Waals surface area contributed by atoms with Gasteiger partial charge in [0.2, 0.25) is 5.91 Å². The molecule has 4 heteroatoms. The van der Waals surface area contributed by atoms with Crippen LogP contribution in [0.15, 0.2) is 30.3 Å². The number of carbonyl (C=O) groups excluding carboxylic acids is 1. The van der Waals surface area contributed by atoms with E-state index in [-0.39, 0.29) is 5.91 Å². The third-order valence-corrected chi connectivity index (χ3v) is 2.74. The number of aliphatic hydroxyl groups is 1. The molecule has 4 nitrogen and oxygen atoms in total. The van der Waals surface area contributed by atoms with E-state index >= 15 is 0 Å². The first kappa shape index (κ1) is 15.2. The Labute approximate surface area is 115 Å². The number of hydrogen-bond donors (Lipinski definition) is 1. The Morgan fingerprint density at radius 3 is 2.32 bits per heavy atom. The molecule has 0 spiro atoms. The Bertz CT molecular complexity index is 436. The van der Waals surface area contributed by atoms with Crippen molar-refractivity contribution in [3.05, 3.63) is 35.9 Å². The summed E-state index contributed by atoms with van der Waals surface area (Å²) in [4.78, 5) is 15.3. The number of likely N-dealkylation sites (N-methyl/N-ethyl adjacent to an activating group) is 1. The summed E-state index contributed by atoms with van der Waals surface area (Å²) < 4.78 is 0. The Hall–Kier alpha value is -1.81. The van der Waals surface area contributed by atoms with Gasteiger partial charge in [0.25, 0.3) is 0 Å². The van der Waals surface area contributed by atoms with Gasteiger partial charge in [0.05, 0.1) is 6.10 Å². The number of nitrogens with zero attached hydrogens (tertiary/aromatic N) is 2. The van der Waals surface area contributed by atoms with Crippen molar-refractivity contribution in [1.29, 1.82) is 0 Å². The molecule has 0 radical (unpaired) electrons. The number of amides is 1. The van der Waals surface area contributed by atoms with Crippen LogP contribution in [0.4, 0.5) is 5.69 Å². The molecule has 0 fully saturated rings. The maximum atomic E-state index is 11.7. The molecule has 0 aliphatic carbocycles. The Balaban J connectivity index is 2.63. The van der Waals surface area contributed by atoms with E-state index in [0.717, 1.165) is 11.3 Å². The molecule has 0 saturated carbocycles. The van der Waals surface area contributed by atoms with Gasteiger partial charge in [0, 0.05) is 39.5 Å². The van der Waals surface area contributed by atoms with Crippen molar-refractivity contribution >= 4 is 17.7 Å². The van der Waals surface area contributed by atoms with E-state index in [4.69, 9.17) is 0 Å². The van der Waals surface area contributed by atoms with Crippen LogP contribution in [0.1, 0.15) is 12.5 Å². The summed E-state index contributed by atoms with van der Waals surface area (Å²) in [5.41, 5.74) is 2.10. The van der Waals surface area contributed by atoms with Gasteiger partial charge in [-0.2, -0.15) is 0 Å². The summed E-state index contributed by atoms with van der Waals surface area (Å²) in [7, 11) is 5.65. The SMILES string of the molecule is CC(O)CN(C)C(=O)/C=C/c1ccc(N(C)C)cc1. The van der Waals surface area contributed by atoms with Gasteiger partial charge in [-0.1, -0.05) is 12.1 Å². The predicted molar refractivity (Wildman–Crippen MR) is 79.1 cm³/mol. The zero-order valence-electron chi connectivity index (χ0n) is 12.0. The lowest BCUT2D eigenvalue weighted by Gasteiger charge is -2.16. The first-order chi connectivity index (χ1) is 8.90. The molecule has 19 heavy (non-hydrogen) atoms. The Morgan fingerprint density at radius 2 is 1.84 bits per heavy atom. The minimum atomic E-state index is -0.512. The van der Waals surface area contributed by atoms with Gasteiger partial charge in [-0.3, -0.25) is 4.79 Å². The number of rotatable bonds is 5. The molecule has 0 saturated heterocycles. The fourth-order valence-corrected chi connectivity index (χ4v) is 1.66. The number of hydrogen-bond acceptors (Lipinski definition) is 3. The summed E-state index contributed by atoms with van der Waals surface area (Å²) >= 11 is 0. The van der Waals surface area contributed by atoms with Crippen molar-refractivity contribution in [2.24, 2.45) is 0 Å². The number of benzene rings is 1. The first-order valence-corrected chi connectivity index (χ1v) is 6.29. The standard InChI is InChI=1S/C15H22N2O2/c1-12(18)11-17(4)15(19)10-7-13-5-8-14(9-6-13)16(2)3/h5-10,12,18H,11H2,1-4H3/b10-7+. The smallest absolute Gasteiger partial charge is 0.246 e. The molecule has 1 amide bonds. The Morgan fingerprint density at radius 1 is 1.26 bits per heavy atom. The van der Waals surface area contributed by atoms with Gasteiger partial charge in [-0.25, -0.2) is 0 Å². The lowest BCUT2D eigenvalue weighted by molar-refractivity contribution is -0.125. The summed E-state index contributed by atoms with van der Waals surface area (Å²) in [5.74, 6) is -0.113. The second kappa shape index (κ2) is 6.95. The molecule has 0 aromatic heterocycles. The van der Waals surface area contributed by atoms with E-state index in [1.54, 1.807) is 20.0 Å². The third kappa shape index (κ3) is 5.14. The minimum absolute atomic E-state index is 0.113. The predicted octanol–water partition coefficient (Wildman–Crippen LogP) is 1.61. The molecule has 0 heterocycles. The molecule has 1 aromatic carbocycles. The van der Waals surface area contributed by atoms with Gasteiger partial charge in [-0.15, -0.1) is 0 Å². The molecule has 1 atom stereocenters. The highest BCUT2D eigenvalue weighted by atomic mass is 16.3. The quantitative estimate of drug-likeness (QED) is 0.820. The normalized spacial score (nSPS) is 12.5. The van der Waals surface area contributed by atoms with E-state index in [1.807, 2.05) is 43.3 Å². The van der Waals surface area contributed by atoms with Crippen LogP contribution in [0.3, 0.4) is 0 Å². The van der Waals surface area contributed by atoms with Crippen molar-refractivity contribution in [3.8, 4) is 0 Å². The highest BCUT2D eigenvalue weighted by Gasteiger charge is 2.07. The van der Waals surface area contributed by atoms with Crippen LogP contribution < -0.4 is 4.90 Å². The average Bonchev–Trinajstić information content (AvgIpc) is 2.35. The van der Waals surface area contributed by atoms with Gasteiger partial charge in [-0.05, 0) is 30.7 Å². The summed E-state index contributed by atoms with van der Waals surface area (Å²) in [6, 6.07) is 7.94. The molecule has 104 valence electrons. The van der Waals surface area contributed by atoms with Crippen molar-refractivity contribution in [2.45, 2.75) is 13.0 Å². The first-order valence-electron chi connectivity index (χ1n) is 6.29. The van der Waals surface area contributed by atoms with E-state index in [0.29, 0.717) is 6.54 Å². The molecule has 1 unspecified atom stereocenters. The van der Waals surface area contributed by atoms with Crippen LogP contribution in [0, 0.1) is 0 Å². The van der Waals surface area contributed by atoms with Gasteiger partial charge < -0.3 is 14.9 Å². The average molecular weight is 262 g/mol. The van der Waals surface area contributed by atoms with Crippen LogP contribution in [-0.4, -0.2) is 49.7 Å². The molecule has 1 aromatic rings. The van der Waals surface area contributed by atoms with Gasteiger partial charge in [0.15, 0.2) is 0 Å². The fraction of sp³-hybridized carbons (Fsp3) is 0.400. The van der Waals surface area contributed by atoms with Crippen LogP contribution in [0.5, 0.6) is 0 Å². The second-order valence-electron chi connectivity index (χ2n) is 4.89. The van der Waals surface area contributed by atoms with Crippen molar-refractivity contribution in [1.82, 2.24) is 4.90 Å². The Kier molecular flexibility index (Phi) is 5.57. The van der Waals surface area contributed by atoms with E-state index in [1.165, 1.54) is 11.0 Å². The molecular formula is C15H22N2O2. The van der Waals surface area contributed by atoms with Crippen molar-refractivity contribution < 1.29 is 9.90 Å². The summed E-state index contributed by atoms with van der Waals surface area (Å²) in [5, 5.41) is 9.22. The highest BCUT2D eigenvalue weighted by molar-refractivity contribution is 5.91. The van der Waals surface area contributed by atoms with Crippen molar-refractivity contribution in [2.75, 3.05) is 32.6 Å². The van der Waals surface area contributed by atoms with E-state index < -0.39 is 6.10 Å².